The van der Waals surface area contributed by atoms with E-state index in [1.807, 2.05) is 19.1 Å². The number of hydrogen-bond donors (Lipinski definition) is 1. The van der Waals surface area contributed by atoms with Gasteiger partial charge in [-0.3, -0.25) is 9.52 Å². The summed E-state index contributed by atoms with van der Waals surface area (Å²) in [6, 6.07) is 8.67. The summed E-state index contributed by atoms with van der Waals surface area (Å²) in [6.07, 6.45) is 1.54. The molecule has 1 amide bonds. The predicted octanol–water partition coefficient (Wildman–Crippen LogP) is 2.71. The van der Waals surface area contributed by atoms with Crippen molar-refractivity contribution < 1.29 is 13.2 Å². The Morgan fingerprint density at radius 2 is 1.92 bits per heavy atom. The normalized spacial score (nSPS) is 14.7. The second kappa shape index (κ2) is 6.55. The van der Waals surface area contributed by atoms with Crippen LogP contribution in [0.4, 0.5) is 5.69 Å². The van der Waals surface area contributed by atoms with E-state index < -0.39 is 10.0 Å². The lowest BCUT2D eigenvalue weighted by Crippen LogP contribution is -2.41. The number of nitrogens with zero attached hydrogens (tertiary/aromatic N) is 2. The van der Waals surface area contributed by atoms with E-state index in [-0.39, 0.29) is 10.8 Å². The van der Waals surface area contributed by atoms with Crippen molar-refractivity contribution in [2.24, 2.45) is 5.92 Å². The van der Waals surface area contributed by atoms with E-state index in [9.17, 15) is 13.2 Å². The molecule has 0 aliphatic carbocycles. The Morgan fingerprint density at radius 1 is 1.20 bits per heavy atom. The van der Waals surface area contributed by atoms with Gasteiger partial charge in [0.1, 0.15) is 10.6 Å². The third-order valence-corrected chi connectivity index (χ3v) is 5.61. The van der Waals surface area contributed by atoms with Crippen molar-refractivity contribution in [2.45, 2.75) is 32.2 Å². The quantitative estimate of drug-likeness (QED) is 0.890. The van der Waals surface area contributed by atoms with Gasteiger partial charge in [-0.15, -0.1) is 0 Å². The highest BCUT2D eigenvalue weighted by atomic mass is 32.2. The van der Waals surface area contributed by atoms with Crippen molar-refractivity contribution in [1.82, 2.24) is 9.47 Å². The molecule has 0 fully saturated rings. The Morgan fingerprint density at radius 3 is 2.60 bits per heavy atom. The second-order valence-electron chi connectivity index (χ2n) is 6.82. The highest BCUT2D eigenvalue weighted by molar-refractivity contribution is 7.92. The number of benzene rings is 1. The summed E-state index contributed by atoms with van der Waals surface area (Å²) < 4.78 is 29.7. The minimum Gasteiger partial charge on any atom is -0.340 e. The first kappa shape index (κ1) is 17.5. The fraction of sp³-hybridized carbons (Fsp3) is 0.389. The molecule has 1 aromatic heterocycles. The van der Waals surface area contributed by atoms with Crippen LogP contribution in [-0.4, -0.2) is 36.9 Å². The van der Waals surface area contributed by atoms with Crippen LogP contribution in [0.3, 0.4) is 0 Å². The molecule has 1 N–H and O–H groups in total. The van der Waals surface area contributed by atoms with E-state index in [4.69, 9.17) is 0 Å². The van der Waals surface area contributed by atoms with Gasteiger partial charge in [-0.25, -0.2) is 8.42 Å². The monoisotopic (exact) mass is 361 g/mol. The highest BCUT2D eigenvalue weighted by Crippen LogP contribution is 2.23. The Kier molecular flexibility index (Phi) is 4.60. The summed E-state index contributed by atoms with van der Waals surface area (Å²) in [5.74, 6) is 0.258. The molecular weight excluding hydrogens is 338 g/mol. The first-order valence-electron chi connectivity index (χ1n) is 8.36. The second-order valence-corrected chi connectivity index (χ2v) is 8.50. The summed E-state index contributed by atoms with van der Waals surface area (Å²) in [5, 5.41) is 0. The van der Waals surface area contributed by atoms with Crippen LogP contribution in [0.5, 0.6) is 0 Å². The molecular formula is C18H23N3O3S. The van der Waals surface area contributed by atoms with Gasteiger partial charge in [-0.1, -0.05) is 32.0 Å². The average molecular weight is 361 g/mol. The van der Waals surface area contributed by atoms with Gasteiger partial charge >= 0.3 is 0 Å². The average Bonchev–Trinajstić information content (AvgIpc) is 2.98. The van der Waals surface area contributed by atoms with E-state index in [2.05, 4.69) is 18.6 Å². The Labute approximate surface area is 148 Å². The molecule has 3 rings (SSSR count). The van der Waals surface area contributed by atoms with Gasteiger partial charge in [-0.05, 0) is 30.5 Å². The lowest BCUT2D eigenvalue weighted by Gasteiger charge is -2.29. The Balaban J connectivity index is 1.88. The molecule has 2 aromatic rings. The number of nitrogens with one attached hydrogen (secondary N) is 1. The summed E-state index contributed by atoms with van der Waals surface area (Å²) in [6.45, 7) is 7.84. The first-order valence-corrected chi connectivity index (χ1v) is 9.84. The molecule has 0 saturated heterocycles. The predicted molar refractivity (Wildman–Crippen MR) is 97.2 cm³/mol. The minimum atomic E-state index is -3.74. The smallest absolute Gasteiger partial charge is 0.270 e. The number of sulfonamides is 1. The number of fused-ring (bicyclic) bond motifs is 1. The summed E-state index contributed by atoms with van der Waals surface area (Å²) in [5.41, 5.74) is 1.81. The van der Waals surface area contributed by atoms with Gasteiger partial charge in [0, 0.05) is 25.8 Å². The number of hydrogen-bond acceptors (Lipinski definition) is 3. The molecule has 0 bridgehead atoms. The molecule has 25 heavy (non-hydrogen) atoms. The number of para-hydroxylation sites is 1. The molecule has 0 spiro atoms. The minimum absolute atomic E-state index is 0.114. The fourth-order valence-corrected chi connectivity index (χ4v) is 4.16. The van der Waals surface area contributed by atoms with Gasteiger partial charge in [0.05, 0.1) is 5.69 Å². The lowest BCUT2D eigenvalue weighted by molar-refractivity contribution is 0.0683. The van der Waals surface area contributed by atoms with Crippen LogP contribution in [0.1, 0.15) is 29.9 Å². The van der Waals surface area contributed by atoms with Gasteiger partial charge in [0.25, 0.3) is 15.9 Å². The van der Waals surface area contributed by atoms with Gasteiger partial charge < -0.3 is 9.47 Å². The van der Waals surface area contributed by atoms with Gasteiger partial charge in [0.15, 0.2) is 0 Å². The molecule has 0 atom stereocenters. The maximum atomic E-state index is 12.7. The van der Waals surface area contributed by atoms with E-state index in [0.717, 1.165) is 5.56 Å². The molecule has 134 valence electrons. The molecule has 1 aliphatic heterocycles. The number of aromatic nitrogens is 1. The fourth-order valence-electron chi connectivity index (χ4n) is 2.99. The van der Waals surface area contributed by atoms with Crippen molar-refractivity contribution in [3.8, 4) is 0 Å². The van der Waals surface area contributed by atoms with Crippen molar-refractivity contribution in [1.29, 1.82) is 0 Å². The van der Waals surface area contributed by atoms with Crippen LogP contribution < -0.4 is 4.72 Å². The number of amides is 1. The first-order chi connectivity index (χ1) is 11.8. The molecule has 0 unspecified atom stereocenters. The Hall–Kier alpha value is -2.28. The lowest BCUT2D eigenvalue weighted by atomic mass is 10.2. The zero-order valence-electron chi connectivity index (χ0n) is 14.7. The standard InChI is InChI=1S/C18H23N3O3S/c1-13(2)11-21-9-8-20-12-15(10-17(20)18(21)22)25(23,24)19-16-7-5-4-6-14(16)3/h4-7,10,12-13,19H,8-9,11H2,1-3H3. The van der Waals surface area contributed by atoms with Crippen LogP contribution >= 0.6 is 0 Å². The van der Waals surface area contributed by atoms with Gasteiger partial charge in [0.2, 0.25) is 0 Å². The van der Waals surface area contributed by atoms with Crippen molar-refractivity contribution in [2.75, 3.05) is 17.8 Å². The number of aryl methyl sites for hydroxylation is 1. The maximum absolute atomic E-state index is 12.7. The van der Waals surface area contributed by atoms with Gasteiger partial charge in [-0.2, -0.15) is 0 Å². The number of rotatable bonds is 5. The van der Waals surface area contributed by atoms with Crippen molar-refractivity contribution in [3.05, 3.63) is 47.8 Å². The van der Waals surface area contributed by atoms with E-state index in [1.54, 1.807) is 27.8 Å². The molecule has 1 aromatic carbocycles. The maximum Gasteiger partial charge on any atom is 0.270 e. The zero-order valence-corrected chi connectivity index (χ0v) is 15.5. The summed E-state index contributed by atoms with van der Waals surface area (Å²) in [7, 11) is -3.74. The van der Waals surface area contributed by atoms with Crippen molar-refractivity contribution in [3.63, 3.8) is 0 Å². The van der Waals surface area contributed by atoms with Crippen molar-refractivity contribution >= 4 is 21.6 Å². The van der Waals surface area contributed by atoms with Crippen LogP contribution in [0, 0.1) is 12.8 Å². The number of carbonyl (C=O) groups excluding carboxylic acids is 1. The number of anilines is 1. The Bertz CT molecular complexity index is 900. The van der Waals surface area contributed by atoms with Crippen LogP contribution in [-0.2, 0) is 16.6 Å². The summed E-state index contributed by atoms with van der Waals surface area (Å²) >= 11 is 0. The molecule has 0 saturated carbocycles. The summed E-state index contributed by atoms with van der Waals surface area (Å²) in [4.78, 5) is 14.5. The SMILES string of the molecule is Cc1ccccc1NS(=O)(=O)c1cc2n(c1)CCN(CC(C)C)C2=O. The molecule has 7 heteroatoms. The van der Waals surface area contributed by atoms with E-state index in [0.29, 0.717) is 36.9 Å². The van der Waals surface area contributed by atoms with Crippen LogP contribution in [0.2, 0.25) is 0 Å². The van der Waals surface area contributed by atoms with Crippen LogP contribution in [0.15, 0.2) is 41.4 Å². The largest absolute Gasteiger partial charge is 0.340 e. The third kappa shape index (κ3) is 3.56. The topological polar surface area (TPSA) is 71.4 Å². The molecule has 2 heterocycles. The molecule has 1 aliphatic rings. The number of carbonyl (C=O) groups is 1. The van der Waals surface area contributed by atoms with E-state index in [1.165, 1.54) is 6.07 Å². The molecule has 0 radical (unpaired) electrons. The zero-order chi connectivity index (χ0) is 18.2. The highest BCUT2D eigenvalue weighted by Gasteiger charge is 2.28. The van der Waals surface area contributed by atoms with Crippen LogP contribution in [0.25, 0.3) is 0 Å². The third-order valence-electron chi connectivity index (χ3n) is 4.27. The van der Waals surface area contributed by atoms with E-state index >= 15 is 0 Å². The molecule has 6 nitrogen and oxygen atoms in total.